The number of hydrogen-bond donors (Lipinski definition) is 1. The Morgan fingerprint density at radius 3 is 3.04 bits per heavy atom. The van der Waals surface area contributed by atoms with Crippen molar-refractivity contribution in [3.63, 3.8) is 0 Å². The van der Waals surface area contributed by atoms with Crippen molar-refractivity contribution in [3.8, 4) is 16.5 Å². The average molecular weight is 355 g/mol. The molecule has 25 heavy (non-hydrogen) atoms. The summed E-state index contributed by atoms with van der Waals surface area (Å²) in [4.78, 5) is 12.3. The van der Waals surface area contributed by atoms with Crippen molar-refractivity contribution in [1.29, 1.82) is 0 Å². The van der Waals surface area contributed by atoms with E-state index in [2.05, 4.69) is 49.6 Å². The molecule has 1 aliphatic rings. The highest BCUT2D eigenvalue weighted by molar-refractivity contribution is 7.13. The molecule has 3 aromatic rings. The topological polar surface area (TPSA) is 66.9 Å². The van der Waals surface area contributed by atoms with Gasteiger partial charge in [-0.2, -0.15) is 10.1 Å². The van der Waals surface area contributed by atoms with Crippen LogP contribution in [0.5, 0.6) is 5.88 Å². The first-order chi connectivity index (χ1) is 12.1. The Bertz CT molecular complexity index is 874. The van der Waals surface area contributed by atoms with E-state index >= 15 is 0 Å². The first-order valence-corrected chi connectivity index (χ1v) is 9.24. The number of aromatic nitrogens is 4. The third-order valence-electron chi connectivity index (χ3n) is 4.36. The molecular formula is C18H21N5OS. The van der Waals surface area contributed by atoms with Crippen molar-refractivity contribution in [2.24, 2.45) is 0 Å². The second-order valence-electron chi connectivity index (χ2n) is 6.54. The molecule has 4 rings (SSSR count). The molecule has 1 aliphatic heterocycles. The van der Waals surface area contributed by atoms with Crippen LogP contribution in [0.2, 0.25) is 0 Å². The fourth-order valence-corrected chi connectivity index (χ4v) is 3.95. The third-order valence-corrected chi connectivity index (χ3v) is 5.25. The van der Waals surface area contributed by atoms with Crippen LogP contribution < -0.4 is 4.74 Å². The number of rotatable bonds is 5. The fraction of sp³-hybridized carbons (Fsp3) is 0.389. The summed E-state index contributed by atoms with van der Waals surface area (Å²) in [7, 11) is 2.10. The molecule has 0 fully saturated rings. The van der Waals surface area contributed by atoms with Gasteiger partial charge in [-0.3, -0.25) is 10.00 Å². The molecule has 130 valence electrons. The second kappa shape index (κ2) is 6.57. The zero-order chi connectivity index (χ0) is 17.4. The molecule has 6 nitrogen and oxygen atoms in total. The van der Waals surface area contributed by atoms with Crippen LogP contribution in [0.25, 0.3) is 10.6 Å². The number of ether oxygens (including phenoxy) is 1. The van der Waals surface area contributed by atoms with E-state index in [1.807, 2.05) is 19.9 Å². The normalized spacial score (nSPS) is 16.2. The number of aryl methyl sites for hydroxylation is 2. The predicted octanol–water partition coefficient (Wildman–Crippen LogP) is 2.98. The smallest absolute Gasteiger partial charge is 0.220 e. The van der Waals surface area contributed by atoms with E-state index < -0.39 is 0 Å². The molecule has 7 heteroatoms. The summed E-state index contributed by atoms with van der Waals surface area (Å²) in [5, 5.41) is 9.61. The van der Waals surface area contributed by atoms with Crippen molar-refractivity contribution in [2.75, 3.05) is 13.6 Å². The predicted molar refractivity (Wildman–Crippen MR) is 97.9 cm³/mol. The quantitative estimate of drug-likeness (QED) is 0.762. The molecule has 0 bridgehead atoms. The van der Waals surface area contributed by atoms with Crippen LogP contribution in [0.4, 0.5) is 0 Å². The van der Waals surface area contributed by atoms with Crippen LogP contribution in [0.3, 0.4) is 0 Å². The SMILES string of the molecule is Cc1nc(C)c2c(n1)OC(CN(C)Cc1cc(-c3cccs3)n[nH]1)C2. The summed E-state index contributed by atoms with van der Waals surface area (Å²) in [5.41, 5.74) is 4.28. The molecule has 3 aromatic heterocycles. The Morgan fingerprint density at radius 2 is 2.24 bits per heavy atom. The van der Waals surface area contributed by atoms with Crippen LogP contribution in [-0.4, -0.2) is 44.8 Å². The maximum absolute atomic E-state index is 6.02. The van der Waals surface area contributed by atoms with Crippen molar-refractivity contribution >= 4 is 11.3 Å². The van der Waals surface area contributed by atoms with Gasteiger partial charge in [0.25, 0.3) is 0 Å². The zero-order valence-electron chi connectivity index (χ0n) is 14.6. The Kier molecular flexibility index (Phi) is 4.27. The lowest BCUT2D eigenvalue weighted by Gasteiger charge is -2.19. The van der Waals surface area contributed by atoms with Crippen molar-refractivity contribution < 1.29 is 4.74 Å². The standard InChI is InChI=1S/C18H21N5OS/c1-11-15-8-14(24-18(15)20-12(2)19-11)10-23(3)9-13-7-16(22-21-13)17-5-4-6-25-17/h4-7,14H,8-10H2,1-3H3,(H,21,22). The third kappa shape index (κ3) is 3.43. The number of nitrogens with one attached hydrogen (secondary N) is 1. The minimum Gasteiger partial charge on any atom is -0.472 e. The molecule has 0 radical (unpaired) electrons. The Balaban J connectivity index is 1.37. The van der Waals surface area contributed by atoms with E-state index in [1.165, 1.54) is 4.88 Å². The van der Waals surface area contributed by atoms with Gasteiger partial charge in [-0.1, -0.05) is 6.07 Å². The summed E-state index contributed by atoms with van der Waals surface area (Å²) < 4.78 is 6.02. The van der Waals surface area contributed by atoms with Crippen LogP contribution in [0.1, 0.15) is 22.8 Å². The lowest BCUT2D eigenvalue weighted by Crippen LogP contribution is -2.31. The van der Waals surface area contributed by atoms with Crippen LogP contribution in [0.15, 0.2) is 23.6 Å². The first-order valence-electron chi connectivity index (χ1n) is 8.36. The lowest BCUT2D eigenvalue weighted by molar-refractivity contribution is 0.160. The lowest BCUT2D eigenvalue weighted by atomic mass is 10.1. The average Bonchev–Trinajstić information content (AvgIpc) is 3.26. The van der Waals surface area contributed by atoms with Crippen molar-refractivity contribution in [2.45, 2.75) is 32.9 Å². The van der Waals surface area contributed by atoms with E-state index in [1.54, 1.807) is 11.3 Å². The zero-order valence-corrected chi connectivity index (χ0v) is 15.4. The van der Waals surface area contributed by atoms with Gasteiger partial charge < -0.3 is 4.74 Å². The summed E-state index contributed by atoms with van der Waals surface area (Å²) in [6.07, 6.45) is 0.990. The maximum Gasteiger partial charge on any atom is 0.220 e. The van der Waals surface area contributed by atoms with E-state index in [0.717, 1.165) is 53.9 Å². The van der Waals surface area contributed by atoms with Crippen LogP contribution in [-0.2, 0) is 13.0 Å². The Labute approximate surface area is 150 Å². The Hall–Kier alpha value is -2.25. The molecule has 4 heterocycles. The molecule has 0 spiro atoms. The summed E-state index contributed by atoms with van der Waals surface area (Å²) >= 11 is 1.70. The van der Waals surface area contributed by atoms with E-state index in [4.69, 9.17) is 4.74 Å². The number of thiophene rings is 1. The molecule has 0 aromatic carbocycles. The molecule has 1 N–H and O–H groups in total. The number of likely N-dealkylation sites (N-methyl/N-ethyl adjacent to an activating group) is 1. The summed E-state index contributed by atoms with van der Waals surface area (Å²) in [6.45, 7) is 5.57. The van der Waals surface area contributed by atoms with Crippen LogP contribution >= 0.6 is 11.3 Å². The molecular weight excluding hydrogens is 334 g/mol. The van der Waals surface area contributed by atoms with Gasteiger partial charge in [0.2, 0.25) is 5.88 Å². The molecule has 1 unspecified atom stereocenters. The molecule has 1 atom stereocenters. The number of fused-ring (bicyclic) bond motifs is 1. The van der Waals surface area contributed by atoms with Gasteiger partial charge in [-0.15, -0.1) is 11.3 Å². The fourth-order valence-electron chi connectivity index (χ4n) is 3.26. The van der Waals surface area contributed by atoms with Gasteiger partial charge in [0.15, 0.2) is 0 Å². The van der Waals surface area contributed by atoms with Crippen molar-refractivity contribution in [1.82, 2.24) is 25.1 Å². The number of hydrogen-bond acceptors (Lipinski definition) is 6. The van der Waals surface area contributed by atoms with Gasteiger partial charge in [-0.05, 0) is 38.4 Å². The monoisotopic (exact) mass is 355 g/mol. The number of nitrogens with zero attached hydrogens (tertiary/aromatic N) is 4. The van der Waals surface area contributed by atoms with Gasteiger partial charge in [0.1, 0.15) is 17.6 Å². The van der Waals surface area contributed by atoms with E-state index in [9.17, 15) is 0 Å². The van der Waals surface area contributed by atoms with E-state index in [0.29, 0.717) is 0 Å². The van der Waals surface area contributed by atoms with Crippen molar-refractivity contribution in [3.05, 3.63) is 46.4 Å². The van der Waals surface area contributed by atoms with Gasteiger partial charge >= 0.3 is 0 Å². The van der Waals surface area contributed by atoms with Gasteiger partial charge in [0.05, 0.1) is 4.88 Å². The van der Waals surface area contributed by atoms with Gasteiger partial charge in [-0.25, -0.2) is 4.98 Å². The molecule has 0 saturated heterocycles. The number of H-pyrrole nitrogens is 1. The summed E-state index contributed by atoms with van der Waals surface area (Å²) in [6, 6.07) is 6.25. The largest absolute Gasteiger partial charge is 0.472 e. The molecule has 0 amide bonds. The summed E-state index contributed by atoms with van der Waals surface area (Å²) in [5.74, 6) is 1.52. The minimum atomic E-state index is 0.120. The molecule has 0 aliphatic carbocycles. The second-order valence-corrected chi connectivity index (χ2v) is 7.48. The van der Waals surface area contributed by atoms with Gasteiger partial charge in [0, 0.05) is 36.5 Å². The Morgan fingerprint density at radius 1 is 1.36 bits per heavy atom. The highest BCUT2D eigenvalue weighted by atomic mass is 32.1. The first kappa shape index (κ1) is 16.2. The van der Waals surface area contributed by atoms with E-state index in [-0.39, 0.29) is 6.10 Å². The minimum absolute atomic E-state index is 0.120. The molecule has 0 saturated carbocycles. The highest BCUT2D eigenvalue weighted by Gasteiger charge is 2.27. The highest BCUT2D eigenvalue weighted by Crippen LogP contribution is 2.29. The number of aromatic amines is 1. The maximum atomic E-state index is 6.02. The van der Waals surface area contributed by atoms with Crippen LogP contribution in [0, 0.1) is 13.8 Å².